The monoisotopic (exact) mass is 877 g/mol. The third kappa shape index (κ3) is 12.8. The molecule has 0 bridgehead atoms. The van der Waals surface area contributed by atoms with E-state index in [-0.39, 0.29) is 68.6 Å². The van der Waals surface area contributed by atoms with Crippen LogP contribution in [0.4, 0.5) is 0 Å². The van der Waals surface area contributed by atoms with E-state index in [2.05, 4.69) is 118 Å². The maximum Gasteiger partial charge on any atom is 0.238 e. The van der Waals surface area contributed by atoms with Crippen molar-refractivity contribution in [3.8, 4) is 23.0 Å². The Morgan fingerprint density at radius 3 is 0.859 bits per heavy atom. The first kappa shape index (κ1) is 51.7. The first-order valence-electron chi connectivity index (χ1n) is 23.0. The average molecular weight is 877 g/mol. The summed E-state index contributed by atoms with van der Waals surface area (Å²) in [6.07, 6.45) is 1.97. The maximum atomic E-state index is 13.4. The van der Waals surface area contributed by atoms with Crippen molar-refractivity contribution in [2.24, 2.45) is 0 Å². The van der Waals surface area contributed by atoms with Crippen molar-refractivity contribution in [3.05, 3.63) is 115 Å². The van der Waals surface area contributed by atoms with Gasteiger partial charge in [0.15, 0.2) is 0 Å². The van der Waals surface area contributed by atoms with Crippen molar-refractivity contribution in [1.29, 1.82) is 0 Å². The van der Waals surface area contributed by atoms with Crippen LogP contribution in [0, 0.1) is 0 Å². The number of hydrogen-bond donors (Lipinski definition) is 6. The van der Waals surface area contributed by atoms with E-state index in [1.807, 2.05) is 65.8 Å². The van der Waals surface area contributed by atoms with Gasteiger partial charge >= 0.3 is 0 Å². The maximum absolute atomic E-state index is 13.4. The van der Waals surface area contributed by atoms with Crippen molar-refractivity contribution in [1.82, 2.24) is 10.9 Å². The predicted octanol–water partition coefficient (Wildman–Crippen LogP) is 12.2. The van der Waals surface area contributed by atoms with Gasteiger partial charge in [-0.3, -0.25) is 20.4 Å². The summed E-state index contributed by atoms with van der Waals surface area (Å²) in [5.74, 6) is 0.350. The zero-order valence-electron chi connectivity index (χ0n) is 42.5. The lowest BCUT2D eigenvalue weighted by Crippen LogP contribution is -2.41. The van der Waals surface area contributed by atoms with Crippen LogP contribution in [0.1, 0.15) is 204 Å². The van der Waals surface area contributed by atoms with Crippen LogP contribution in [0.15, 0.2) is 48.5 Å². The normalized spacial score (nSPS) is 13.0. The van der Waals surface area contributed by atoms with Crippen LogP contribution in [-0.4, -0.2) is 32.2 Å². The number of amides is 2. The smallest absolute Gasteiger partial charge is 0.238 e. The van der Waals surface area contributed by atoms with Gasteiger partial charge in [-0.1, -0.05) is 161 Å². The molecule has 0 atom stereocenters. The molecule has 0 aliphatic carbocycles. The Morgan fingerprint density at radius 1 is 0.375 bits per heavy atom. The lowest BCUT2D eigenvalue weighted by atomic mass is 9.77. The van der Waals surface area contributed by atoms with Crippen LogP contribution in [-0.2, 0) is 67.8 Å². The number of phenolic OH excluding ortho intramolecular Hbond substituents is 4. The molecule has 0 saturated carbocycles. The number of nitrogens with one attached hydrogen (secondary N) is 2. The quantitative estimate of drug-likeness (QED) is 0.0877. The van der Waals surface area contributed by atoms with Crippen LogP contribution in [0.3, 0.4) is 0 Å². The fourth-order valence-corrected chi connectivity index (χ4v) is 8.43. The molecule has 8 nitrogen and oxygen atoms in total. The second-order valence-electron chi connectivity index (χ2n) is 24.3. The molecule has 0 unspecified atom stereocenters. The summed E-state index contributed by atoms with van der Waals surface area (Å²) in [6, 6.07) is 15.8. The number of carbonyl (C=O) groups excluding carboxylic acids is 2. The number of carbonyl (C=O) groups is 2. The fourth-order valence-electron chi connectivity index (χ4n) is 8.43. The number of aryl methyl sites for hydroxylation is 2. The number of phenols is 4. The topological polar surface area (TPSA) is 139 Å². The van der Waals surface area contributed by atoms with Gasteiger partial charge in [0.2, 0.25) is 11.8 Å². The SMILES string of the molecule is CC(C)(C)c1cc(CCC(=O)NNC(=O)CCc2cc(C(C)(C)C)c(O)cc2Cc2cc(C(C)(C)C)c(O)c(C(C)(C)C)c2)c(Cc2cc(C(C)(C)C)c(O)c(C(C)(C)C)c2)cc1O. The standard InChI is InChI=1S/C56H80N2O6/c1-51(2,3)39-29-35(37(31-45(39)59)23-33-25-41(53(7,8)9)49(63)42(26-33)54(10,11)12)19-21-47(61)57-58-48(62)22-20-36-30-40(52(4,5)6)46(60)32-38(36)24-34-27-43(55(13,14)15)50(64)44(28-34)56(16,17)18/h25-32,59-60,63-64H,19-24H2,1-18H3,(H,57,61)(H,58,62). The molecule has 6 N–H and O–H groups in total. The van der Waals surface area contributed by atoms with E-state index >= 15 is 0 Å². The van der Waals surface area contributed by atoms with Crippen molar-refractivity contribution >= 4 is 11.8 Å². The summed E-state index contributed by atoms with van der Waals surface area (Å²) < 4.78 is 0. The number of benzene rings is 4. The minimum absolute atomic E-state index is 0.106. The van der Waals surface area contributed by atoms with Crippen molar-refractivity contribution < 1.29 is 30.0 Å². The number of rotatable bonds is 10. The summed E-state index contributed by atoms with van der Waals surface area (Å²) >= 11 is 0. The Kier molecular flexibility index (Phi) is 14.9. The lowest BCUT2D eigenvalue weighted by Gasteiger charge is -2.28. The third-order valence-electron chi connectivity index (χ3n) is 12.2. The Labute approximate surface area is 385 Å². The highest BCUT2D eigenvalue weighted by molar-refractivity contribution is 5.82. The van der Waals surface area contributed by atoms with Crippen LogP contribution < -0.4 is 10.9 Å². The molecule has 350 valence electrons. The van der Waals surface area contributed by atoms with Gasteiger partial charge < -0.3 is 20.4 Å². The first-order valence-corrected chi connectivity index (χ1v) is 23.0. The van der Waals surface area contributed by atoms with Gasteiger partial charge in [0.05, 0.1) is 0 Å². The summed E-state index contributed by atoms with van der Waals surface area (Å²) in [6.45, 7) is 37.3. The molecule has 0 heterocycles. The zero-order chi connectivity index (χ0) is 48.7. The molecule has 4 rings (SSSR count). The summed E-state index contributed by atoms with van der Waals surface area (Å²) in [5, 5.41) is 45.2. The molecule has 0 spiro atoms. The van der Waals surface area contributed by atoms with E-state index in [9.17, 15) is 30.0 Å². The molecule has 4 aromatic carbocycles. The molecule has 2 amide bonds. The van der Waals surface area contributed by atoms with E-state index in [1.54, 1.807) is 0 Å². The molecular formula is C56H80N2O6. The summed E-state index contributed by atoms with van der Waals surface area (Å²) in [4.78, 5) is 26.8. The molecule has 64 heavy (non-hydrogen) atoms. The highest BCUT2D eigenvalue weighted by atomic mass is 16.3. The highest BCUT2D eigenvalue weighted by Gasteiger charge is 2.30. The lowest BCUT2D eigenvalue weighted by molar-refractivity contribution is -0.128. The molecular weight excluding hydrogens is 797 g/mol. The molecule has 0 radical (unpaired) electrons. The van der Waals surface area contributed by atoms with Crippen LogP contribution in [0.5, 0.6) is 23.0 Å². The van der Waals surface area contributed by atoms with Gasteiger partial charge in [0, 0.05) is 12.8 Å². The van der Waals surface area contributed by atoms with E-state index < -0.39 is 0 Å². The van der Waals surface area contributed by atoms with Gasteiger partial charge in [-0.05, 0) is 137 Å². The Morgan fingerprint density at radius 2 is 0.625 bits per heavy atom. The Hall–Kier alpha value is -4.98. The van der Waals surface area contributed by atoms with Gasteiger partial charge in [0.1, 0.15) is 23.0 Å². The average Bonchev–Trinajstić information content (AvgIpc) is 3.11. The van der Waals surface area contributed by atoms with Crippen molar-refractivity contribution in [3.63, 3.8) is 0 Å². The zero-order valence-corrected chi connectivity index (χ0v) is 42.5. The van der Waals surface area contributed by atoms with E-state index in [0.29, 0.717) is 37.2 Å². The van der Waals surface area contributed by atoms with E-state index in [0.717, 1.165) is 66.8 Å². The van der Waals surface area contributed by atoms with Crippen molar-refractivity contribution in [2.75, 3.05) is 0 Å². The Bertz CT molecular complexity index is 2130. The Balaban J connectivity index is 1.56. The number of hydrogen-bond acceptors (Lipinski definition) is 6. The number of hydrazine groups is 1. The van der Waals surface area contributed by atoms with Gasteiger partial charge in [-0.15, -0.1) is 0 Å². The van der Waals surface area contributed by atoms with Gasteiger partial charge in [0.25, 0.3) is 0 Å². The largest absolute Gasteiger partial charge is 0.508 e. The van der Waals surface area contributed by atoms with Crippen LogP contribution in [0.2, 0.25) is 0 Å². The second kappa shape index (κ2) is 18.5. The van der Waals surface area contributed by atoms with Crippen molar-refractivity contribution in [2.45, 2.75) is 196 Å². The van der Waals surface area contributed by atoms with Crippen LogP contribution in [0.25, 0.3) is 0 Å². The third-order valence-corrected chi connectivity index (χ3v) is 12.2. The highest BCUT2D eigenvalue weighted by Crippen LogP contribution is 2.43. The number of aromatic hydroxyl groups is 4. The first-order chi connectivity index (χ1) is 29.0. The molecule has 0 aliphatic rings. The molecule has 4 aromatic rings. The van der Waals surface area contributed by atoms with Gasteiger partial charge in [-0.2, -0.15) is 0 Å². The summed E-state index contributed by atoms with van der Waals surface area (Å²) in [5.41, 5.74) is 14.1. The fraction of sp³-hybridized carbons (Fsp3) is 0.536. The van der Waals surface area contributed by atoms with Gasteiger partial charge in [-0.25, -0.2) is 0 Å². The molecule has 8 heteroatoms. The second-order valence-corrected chi connectivity index (χ2v) is 24.3. The molecule has 0 aliphatic heterocycles. The predicted molar refractivity (Wildman–Crippen MR) is 263 cm³/mol. The minimum Gasteiger partial charge on any atom is -0.508 e. The minimum atomic E-state index is -0.343. The molecule has 0 saturated heterocycles. The molecule has 0 fully saturated rings. The molecule has 0 aromatic heterocycles. The van der Waals surface area contributed by atoms with E-state index in [4.69, 9.17) is 0 Å². The van der Waals surface area contributed by atoms with E-state index in [1.165, 1.54) is 0 Å². The summed E-state index contributed by atoms with van der Waals surface area (Å²) in [7, 11) is 0. The van der Waals surface area contributed by atoms with Crippen LogP contribution >= 0.6 is 0 Å².